The molecule has 1 amide bonds. The molecule has 1 aromatic heterocycles. The van der Waals surface area contributed by atoms with Gasteiger partial charge in [0.1, 0.15) is 6.54 Å². The first-order chi connectivity index (χ1) is 9.54. The summed E-state index contributed by atoms with van der Waals surface area (Å²) in [5, 5.41) is 9.83. The Morgan fingerprint density at radius 2 is 2.15 bits per heavy atom. The molecule has 0 radical (unpaired) electrons. The summed E-state index contributed by atoms with van der Waals surface area (Å²) in [5.41, 5.74) is -1.05. The van der Waals surface area contributed by atoms with Crippen LogP contribution in [0.25, 0.3) is 0 Å². The number of nitrogens with zero attached hydrogens (tertiary/aromatic N) is 2. The number of fused-ring (bicyclic) bond motifs is 1. The number of aliphatic hydroxyl groups excluding tert-OH is 1. The predicted molar refractivity (Wildman–Crippen MR) is 70.1 cm³/mol. The quantitative estimate of drug-likeness (QED) is 0.708. The molecule has 2 fully saturated rings. The minimum absolute atomic E-state index is 0.0782. The van der Waals surface area contributed by atoms with Crippen molar-refractivity contribution in [2.45, 2.75) is 25.5 Å². The SMILES string of the molecule is O=C(Cn1ccc(=O)[nH]c1=O)N1CC2CCC(O)C2C1. The van der Waals surface area contributed by atoms with Crippen LogP contribution < -0.4 is 11.2 Å². The van der Waals surface area contributed by atoms with Crippen molar-refractivity contribution in [3.8, 4) is 0 Å². The van der Waals surface area contributed by atoms with Crippen molar-refractivity contribution in [3.63, 3.8) is 0 Å². The minimum Gasteiger partial charge on any atom is -0.393 e. The van der Waals surface area contributed by atoms with E-state index in [-0.39, 0.29) is 24.5 Å². The fraction of sp³-hybridized carbons (Fsp3) is 0.615. The maximum Gasteiger partial charge on any atom is 0.328 e. The van der Waals surface area contributed by atoms with E-state index in [2.05, 4.69) is 4.98 Å². The van der Waals surface area contributed by atoms with E-state index in [1.54, 1.807) is 4.90 Å². The monoisotopic (exact) mass is 279 g/mol. The summed E-state index contributed by atoms with van der Waals surface area (Å²) in [5.74, 6) is 0.397. The van der Waals surface area contributed by atoms with Crippen LogP contribution in [0.5, 0.6) is 0 Å². The summed E-state index contributed by atoms with van der Waals surface area (Å²) < 4.78 is 1.19. The zero-order valence-electron chi connectivity index (χ0n) is 11.0. The molecule has 2 aliphatic rings. The molecule has 2 N–H and O–H groups in total. The first kappa shape index (κ1) is 13.1. The Kier molecular flexibility index (Phi) is 3.21. The van der Waals surface area contributed by atoms with Crippen molar-refractivity contribution >= 4 is 5.91 Å². The molecule has 3 atom stereocenters. The lowest BCUT2D eigenvalue weighted by molar-refractivity contribution is -0.131. The standard InChI is InChI=1S/C13H17N3O4/c17-10-2-1-8-5-16(6-9(8)10)12(19)7-15-4-3-11(18)14-13(15)20/h3-4,8-10,17H,1-2,5-7H2,(H,14,18,20). The van der Waals surface area contributed by atoms with E-state index in [1.807, 2.05) is 0 Å². The van der Waals surface area contributed by atoms with Gasteiger partial charge in [-0.05, 0) is 18.8 Å². The molecule has 1 saturated heterocycles. The zero-order valence-corrected chi connectivity index (χ0v) is 11.0. The van der Waals surface area contributed by atoms with Gasteiger partial charge in [0.15, 0.2) is 0 Å². The second-order valence-corrected chi connectivity index (χ2v) is 5.61. The van der Waals surface area contributed by atoms with E-state index in [9.17, 15) is 19.5 Å². The number of rotatable bonds is 2. The highest BCUT2D eigenvalue weighted by Gasteiger charge is 2.43. The van der Waals surface area contributed by atoms with Crippen LogP contribution in [-0.2, 0) is 11.3 Å². The van der Waals surface area contributed by atoms with Crippen LogP contribution in [0.3, 0.4) is 0 Å². The normalized spacial score (nSPS) is 28.6. The van der Waals surface area contributed by atoms with Crippen LogP contribution in [0.1, 0.15) is 12.8 Å². The second-order valence-electron chi connectivity index (χ2n) is 5.61. The Morgan fingerprint density at radius 3 is 2.85 bits per heavy atom. The Hall–Kier alpha value is -1.89. The molecular weight excluding hydrogens is 262 g/mol. The smallest absolute Gasteiger partial charge is 0.328 e. The molecule has 20 heavy (non-hydrogen) atoms. The number of hydrogen-bond donors (Lipinski definition) is 2. The fourth-order valence-electron chi connectivity index (χ4n) is 3.25. The zero-order chi connectivity index (χ0) is 14.3. The van der Waals surface area contributed by atoms with Crippen LogP contribution in [0.4, 0.5) is 0 Å². The molecule has 3 unspecified atom stereocenters. The number of likely N-dealkylation sites (tertiary alicyclic amines) is 1. The highest BCUT2D eigenvalue weighted by molar-refractivity contribution is 5.76. The fourth-order valence-corrected chi connectivity index (χ4v) is 3.25. The molecule has 1 saturated carbocycles. The second kappa shape index (κ2) is 4.90. The van der Waals surface area contributed by atoms with Gasteiger partial charge < -0.3 is 10.0 Å². The van der Waals surface area contributed by atoms with Crippen molar-refractivity contribution in [3.05, 3.63) is 33.1 Å². The maximum absolute atomic E-state index is 12.2. The molecule has 108 valence electrons. The molecule has 3 rings (SSSR count). The van der Waals surface area contributed by atoms with Crippen LogP contribution in [-0.4, -0.2) is 44.7 Å². The Bertz CT molecular complexity index is 635. The summed E-state index contributed by atoms with van der Waals surface area (Å²) >= 11 is 0. The van der Waals surface area contributed by atoms with Crippen LogP contribution in [0, 0.1) is 11.8 Å². The highest BCUT2D eigenvalue weighted by atomic mass is 16.3. The minimum atomic E-state index is -0.578. The summed E-state index contributed by atoms with van der Waals surface area (Å²) in [4.78, 5) is 38.5. The Morgan fingerprint density at radius 1 is 1.35 bits per heavy atom. The number of carbonyl (C=O) groups excluding carboxylic acids is 1. The summed E-state index contributed by atoms with van der Waals surface area (Å²) in [6, 6.07) is 1.22. The number of aromatic nitrogens is 2. The molecule has 7 nitrogen and oxygen atoms in total. The lowest BCUT2D eigenvalue weighted by Crippen LogP contribution is -2.38. The third-order valence-electron chi connectivity index (χ3n) is 4.37. The number of H-pyrrole nitrogens is 1. The first-order valence-electron chi connectivity index (χ1n) is 6.80. The number of amides is 1. The van der Waals surface area contributed by atoms with Gasteiger partial charge in [0.25, 0.3) is 5.56 Å². The van der Waals surface area contributed by atoms with Crippen molar-refractivity contribution in [1.82, 2.24) is 14.5 Å². The van der Waals surface area contributed by atoms with Crippen LogP contribution in [0.2, 0.25) is 0 Å². The summed E-state index contributed by atoms with van der Waals surface area (Å²) in [6.45, 7) is 1.13. The maximum atomic E-state index is 12.2. The van der Waals surface area contributed by atoms with E-state index in [0.717, 1.165) is 12.8 Å². The van der Waals surface area contributed by atoms with Gasteiger partial charge in [-0.3, -0.25) is 19.1 Å². The van der Waals surface area contributed by atoms with Gasteiger partial charge in [-0.15, -0.1) is 0 Å². The number of aromatic amines is 1. The average Bonchev–Trinajstić information content (AvgIpc) is 2.96. The number of hydrogen-bond acceptors (Lipinski definition) is 4. The first-order valence-corrected chi connectivity index (χ1v) is 6.80. The molecule has 1 aromatic rings. The summed E-state index contributed by atoms with van der Waals surface area (Å²) in [7, 11) is 0. The van der Waals surface area contributed by atoms with Crippen molar-refractivity contribution in [2.75, 3.05) is 13.1 Å². The molecule has 0 spiro atoms. The lowest BCUT2D eigenvalue weighted by atomic mass is 10.00. The van der Waals surface area contributed by atoms with Gasteiger partial charge in [-0.25, -0.2) is 4.79 Å². The van der Waals surface area contributed by atoms with E-state index in [4.69, 9.17) is 0 Å². The topological polar surface area (TPSA) is 95.4 Å². The lowest BCUT2D eigenvalue weighted by Gasteiger charge is -2.18. The van der Waals surface area contributed by atoms with E-state index >= 15 is 0 Å². The van der Waals surface area contributed by atoms with Crippen molar-refractivity contribution in [2.24, 2.45) is 11.8 Å². The van der Waals surface area contributed by atoms with E-state index in [0.29, 0.717) is 19.0 Å². The molecule has 0 bridgehead atoms. The Labute approximate surface area is 114 Å². The summed E-state index contributed by atoms with van der Waals surface area (Å²) in [6.07, 6.45) is 2.78. The largest absolute Gasteiger partial charge is 0.393 e. The molecule has 0 aromatic carbocycles. The van der Waals surface area contributed by atoms with Gasteiger partial charge in [0.05, 0.1) is 6.10 Å². The van der Waals surface area contributed by atoms with Gasteiger partial charge in [0.2, 0.25) is 5.91 Å². The third kappa shape index (κ3) is 2.29. The van der Waals surface area contributed by atoms with Crippen LogP contribution in [0.15, 0.2) is 21.9 Å². The van der Waals surface area contributed by atoms with Gasteiger partial charge >= 0.3 is 5.69 Å². The van der Waals surface area contributed by atoms with Gasteiger partial charge in [-0.2, -0.15) is 0 Å². The average molecular weight is 279 g/mol. The number of aliphatic hydroxyl groups is 1. The molecular formula is C13H17N3O4. The predicted octanol–water partition coefficient (Wildman–Crippen LogP) is -1.23. The molecule has 2 heterocycles. The van der Waals surface area contributed by atoms with Gasteiger partial charge in [0, 0.05) is 31.3 Å². The molecule has 7 heteroatoms. The van der Waals surface area contributed by atoms with Gasteiger partial charge in [-0.1, -0.05) is 0 Å². The third-order valence-corrected chi connectivity index (χ3v) is 4.37. The van der Waals surface area contributed by atoms with E-state index < -0.39 is 11.2 Å². The van der Waals surface area contributed by atoms with E-state index in [1.165, 1.54) is 16.8 Å². The highest BCUT2D eigenvalue weighted by Crippen LogP contribution is 2.38. The number of nitrogens with one attached hydrogen (secondary N) is 1. The van der Waals surface area contributed by atoms with Crippen LogP contribution >= 0.6 is 0 Å². The van der Waals surface area contributed by atoms with Crippen molar-refractivity contribution < 1.29 is 9.90 Å². The molecule has 1 aliphatic heterocycles. The molecule has 1 aliphatic carbocycles. The Balaban J connectivity index is 1.69. The number of carbonyl (C=O) groups is 1. The van der Waals surface area contributed by atoms with Crippen molar-refractivity contribution in [1.29, 1.82) is 0 Å².